The third-order valence-electron chi connectivity index (χ3n) is 6.68. The van der Waals surface area contributed by atoms with E-state index in [2.05, 4.69) is 0 Å². The topological polar surface area (TPSA) is 77.8 Å². The van der Waals surface area contributed by atoms with Crippen molar-refractivity contribution >= 4 is 23.5 Å². The Labute approximate surface area is 216 Å². The number of hydrogen-bond donors (Lipinski definition) is 2. The number of amides is 1. The van der Waals surface area contributed by atoms with Crippen LogP contribution in [0.15, 0.2) is 78.9 Å². The number of nitrogens with zero attached hydrogens (tertiary/aromatic N) is 1. The Bertz CT molecular complexity index is 1270. The van der Waals surface area contributed by atoms with Gasteiger partial charge in [0.2, 0.25) is 5.91 Å². The molecule has 0 aliphatic carbocycles. The summed E-state index contributed by atoms with van der Waals surface area (Å²) in [5.41, 5.74) is 5.27. The van der Waals surface area contributed by atoms with Crippen molar-refractivity contribution in [1.82, 2.24) is 4.90 Å². The van der Waals surface area contributed by atoms with Crippen molar-refractivity contribution in [1.29, 1.82) is 0 Å². The minimum absolute atomic E-state index is 0.0387. The molecule has 0 radical (unpaired) electrons. The van der Waals surface area contributed by atoms with Crippen molar-refractivity contribution in [3.63, 3.8) is 0 Å². The van der Waals surface area contributed by atoms with E-state index in [9.17, 15) is 14.7 Å². The largest absolute Gasteiger partial charge is 0.478 e. The Morgan fingerprint density at radius 2 is 1.92 bits per heavy atom. The fraction of sp³-hybridized carbons (Fsp3) is 0.267. The molecule has 0 spiro atoms. The number of aromatic carboxylic acids is 1. The Hall–Kier alpha value is -3.41. The molecule has 36 heavy (non-hydrogen) atoms. The molecule has 3 aromatic carbocycles. The molecule has 2 N–H and O–H groups in total. The van der Waals surface area contributed by atoms with E-state index in [-0.39, 0.29) is 17.5 Å². The second-order valence-electron chi connectivity index (χ2n) is 9.21. The normalized spacial score (nSPS) is 16.6. The second kappa shape index (κ2) is 11.5. The third-order valence-corrected chi connectivity index (χ3v) is 6.92. The quantitative estimate of drug-likeness (QED) is 0.339. The molecule has 3 aromatic rings. The van der Waals surface area contributed by atoms with Crippen LogP contribution < -0.4 is 0 Å². The Kier molecular flexibility index (Phi) is 8.24. The van der Waals surface area contributed by atoms with Crippen molar-refractivity contribution in [2.24, 2.45) is 0 Å². The zero-order chi connectivity index (χ0) is 25.7. The fourth-order valence-corrected chi connectivity index (χ4v) is 4.93. The molecule has 0 saturated carbocycles. The minimum Gasteiger partial charge on any atom is -0.478 e. The van der Waals surface area contributed by atoms with Crippen LogP contribution in [-0.2, 0) is 11.2 Å². The number of likely N-dealkylation sites (tertiary alicyclic amines) is 1. The molecule has 0 bridgehead atoms. The van der Waals surface area contributed by atoms with Gasteiger partial charge in [0.25, 0.3) is 0 Å². The van der Waals surface area contributed by atoms with Crippen LogP contribution in [0.5, 0.6) is 0 Å². The van der Waals surface area contributed by atoms with E-state index in [4.69, 9.17) is 16.7 Å². The van der Waals surface area contributed by atoms with E-state index in [1.54, 1.807) is 18.2 Å². The summed E-state index contributed by atoms with van der Waals surface area (Å²) < 4.78 is 0. The predicted octanol–water partition coefficient (Wildman–Crippen LogP) is 6.23. The lowest BCUT2D eigenvalue weighted by Crippen LogP contribution is -2.33. The van der Waals surface area contributed by atoms with Crippen LogP contribution in [0.25, 0.3) is 11.1 Å². The van der Waals surface area contributed by atoms with Gasteiger partial charge in [-0.15, -0.1) is 0 Å². The highest BCUT2D eigenvalue weighted by molar-refractivity contribution is 6.30. The van der Waals surface area contributed by atoms with Crippen molar-refractivity contribution in [2.45, 2.75) is 44.8 Å². The summed E-state index contributed by atoms with van der Waals surface area (Å²) in [6, 6.07) is 20.4. The number of benzene rings is 3. The number of rotatable bonds is 9. The lowest BCUT2D eigenvalue weighted by atomic mass is 9.97. The van der Waals surface area contributed by atoms with Gasteiger partial charge in [-0.25, -0.2) is 4.79 Å². The predicted molar refractivity (Wildman–Crippen MR) is 142 cm³/mol. The highest BCUT2D eigenvalue weighted by Gasteiger charge is 2.28. The molecule has 1 amide bonds. The minimum atomic E-state index is -0.937. The molecule has 0 aromatic heterocycles. The molecule has 1 fully saturated rings. The van der Waals surface area contributed by atoms with Crippen molar-refractivity contribution < 1.29 is 19.8 Å². The van der Waals surface area contributed by atoms with Gasteiger partial charge in [-0.05, 0) is 84.3 Å². The van der Waals surface area contributed by atoms with Crippen LogP contribution in [0.3, 0.4) is 0 Å². The molecule has 1 heterocycles. The smallest absolute Gasteiger partial charge is 0.335 e. The number of carboxylic acids is 1. The van der Waals surface area contributed by atoms with Crippen LogP contribution in [-0.4, -0.2) is 39.6 Å². The van der Waals surface area contributed by atoms with Gasteiger partial charge in [0.05, 0.1) is 17.7 Å². The number of aryl methyl sites for hydroxylation is 2. The highest BCUT2D eigenvalue weighted by atomic mass is 35.5. The van der Waals surface area contributed by atoms with Gasteiger partial charge in [0, 0.05) is 18.0 Å². The average molecular weight is 504 g/mol. The molecule has 1 saturated heterocycles. The number of carbonyl (C=O) groups is 2. The first-order chi connectivity index (χ1) is 17.3. The number of carbonyl (C=O) groups excluding carboxylic acids is 1. The monoisotopic (exact) mass is 503 g/mol. The number of aliphatic hydroxyl groups is 1. The number of hydrogen-bond acceptors (Lipinski definition) is 3. The molecule has 4 rings (SSSR count). The van der Waals surface area contributed by atoms with Gasteiger partial charge in [-0.1, -0.05) is 60.2 Å². The van der Waals surface area contributed by atoms with Gasteiger partial charge in [0.15, 0.2) is 0 Å². The SMILES string of the molecule is Cc1cc(Cl)ccc1-c1cccc(C(O)/C=C/[C@H]2CCC(=O)N2CCCc2ccc(C(=O)O)cc2)c1. The molecule has 6 heteroatoms. The summed E-state index contributed by atoms with van der Waals surface area (Å²) >= 11 is 6.09. The Morgan fingerprint density at radius 1 is 1.14 bits per heavy atom. The number of carboxylic acid groups (broad SMARTS) is 1. The van der Waals surface area contributed by atoms with Crippen LogP contribution in [0, 0.1) is 6.92 Å². The van der Waals surface area contributed by atoms with E-state index in [1.165, 1.54) is 0 Å². The van der Waals surface area contributed by atoms with E-state index in [0.717, 1.165) is 47.1 Å². The molecule has 186 valence electrons. The van der Waals surface area contributed by atoms with Gasteiger partial charge in [-0.2, -0.15) is 0 Å². The summed E-state index contributed by atoms with van der Waals surface area (Å²) in [6.45, 7) is 2.64. The maximum Gasteiger partial charge on any atom is 0.335 e. The molecule has 2 atom stereocenters. The second-order valence-corrected chi connectivity index (χ2v) is 9.65. The lowest BCUT2D eigenvalue weighted by Gasteiger charge is -2.23. The van der Waals surface area contributed by atoms with E-state index in [0.29, 0.717) is 18.0 Å². The van der Waals surface area contributed by atoms with Gasteiger partial charge < -0.3 is 15.1 Å². The first kappa shape index (κ1) is 25.7. The highest BCUT2D eigenvalue weighted by Crippen LogP contribution is 2.29. The maximum absolute atomic E-state index is 12.5. The van der Waals surface area contributed by atoms with Gasteiger partial charge >= 0.3 is 5.97 Å². The van der Waals surface area contributed by atoms with Crippen molar-refractivity contribution in [3.05, 3.63) is 106 Å². The standard InChI is InChI=1S/C30H30ClNO4/c1-20-18-25(31)11-14-27(20)23-5-2-6-24(19-23)28(33)15-12-26-13-16-29(34)32(26)17-3-4-21-7-9-22(10-8-21)30(35)36/h2,5-12,14-15,18-19,26,28,33H,3-4,13,16-17H2,1H3,(H,35,36)/b15-12+/t26-,28?/m0/s1. The van der Waals surface area contributed by atoms with E-state index < -0.39 is 12.1 Å². The lowest BCUT2D eigenvalue weighted by molar-refractivity contribution is -0.128. The fourth-order valence-electron chi connectivity index (χ4n) is 4.70. The van der Waals surface area contributed by atoms with Gasteiger partial charge in [0.1, 0.15) is 0 Å². The van der Waals surface area contributed by atoms with Crippen molar-refractivity contribution in [3.8, 4) is 11.1 Å². The average Bonchev–Trinajstić information content (AvgIpc) is 3.22. The van der Waals surface area contributed by atoms with Crippen LogP contribution >= 0.6 is 11.6 Å². The molecular weight excluding hydrogens is 474 g/mol. The zero-order valence-corrected chi connectivity index (χ0v) is 21.0. The third kappa shape index (κ3) is 6.23. The van der Waals surface area contributed by atoms with Gasteiger partial charge in [-0.3, -0.25) is 4.79 Å². The molecule has 1 aliphatic rings. The zero-order valence-electron chi connectivity index (χ0n) is 20.2. The summed E-state index contributed by atoms with van der Waals surface area (Å²) in [4.78, 5) is 25.4. The number of halogens is 1. The molecule has 5 nitrogen and oxygen atoms in total. The first-order valence-corrected chi connectivity index (χ1v) is 12.5. The Balaban J connectivity index is 1.37. The van der Waals surface area contributed by atoms with E-state index in [1.807, 2.05) is 72.5 Å². The van der Waals surface area contributed by atoms with Crippen LogP contribution in [0.1, 0.15) is 52.4 Å². The van der Waals surface area contributed by atoms with Crippen molar-refractivity contribution in [2.75, 3.05) is 6.54 Å². The maximum atomic E-state index is 12.5. The van der Waals surface area contributed by atoms with Crippen LogP contribution in [0.2, 0.25) is 5.02 Å². The summed E-state index contributed by atoms with van der Waals surface area (Å²) in [7, 11) is 0. The molecular formula is C30H30ClNO4. The molecule has 1 unspecified atom stereocenters. The van der Waals surface area contributed by atoms with E-state index >= 15 is 0 Å². The number of aliphatic hydroxyl groups excluding tert-OH is 1. The summed E-state index contributed by atoms with van der Waals surface area (Å²) in [5, 5.41) is 20.6. The van der Waals surface area contributed by atoms with Crippen LogP contribution in [0.4, 0.5) is 0 Å². The first-order valence-electron chi connectivity index (χ1n) is 12.2. The molecule has 1 aliphatic heterocycles. The summed E-state index contributed by atoms with van der Waals surface area (Å²) in [5.74, 6) is -0.812. The Morgan fingerprint density at radius 3 is 2.64 bits per heavy atom. The summed E-state index contributed by atoms with van der Waals surface area (Å²) in [6.07, 6.45) is 5.73.